The zero-order valence-corrected chi connectivity index (χ0v) is 20.3. The summed E-state index contributed by atoms with van der Waals surface area (Å²) < 4.78 is 42.2. The van der Waals surface area contributed by atoms with Crippen molar-refractivity contribution in [3.05, 3.63) is 42.1 Å². The van der Waals surface area contributed by atoms with Gasteiger partial charge in [-0.25, -0.2) is 4.98 Å². The molecule has 2 heterocycles. The number of alkyl halides is 3. The molecule has 1 N–H and O–H groups in total. The minimum Gasteiger partial charge on any atom is -0.477 e. The Morgan fingerprint density at radius 1 is 1.18 bits per heavy atom. The van der Waals surface area contributed by atoms with Crippen molar-refractivity contribution < 1.29 is 22.7 Å². The predicted molar refractivity (Wildman–Crippen MR) is 129 cm³/mol. The first-order valence-electron chi connectivity index (χ1n) is 11.7. The number of piperidine rings is 1. The summed E-state index contributed by atoms with van der Waals surface area (Å²) in [5.74, 6) is -0.436. The summed E-state index contributed by atoms with van der Waals surface area (Å²) in [5, 5.41) is 3.40. The van der Waals surface area contributed by atoms with Gasteiger partial charge in [0.05, 0.1) is 24.4 Å². The lowest BCUT2D eigenvalue weighted by Gasteiger charge is -2.35. The number of benzene rings is 1. The van der Waals surface area contributed by atoms with Crippen LogP contribution < -0.4 is 15.0 Å². The third-order valence-corrected chi connectivity index (χ3v) is 7.30. The van der Waals surface area contributed by atoms with Gasteiger partial charge in [0.1, 0.15) is 5.69 Å². The molecular weight excluding hydrogens is 463 g/mol. The van der Waals surface area contributed by atoms with E-state index in [4.69, 9.17) is 4.74 Å². The van der Waals surface area contributed by atoms with E-state index in [2.05, 4.69) is 35.1 Å². The fourth-order valence-corrected chi connectivity index (χ4v) is 5.07. The van der Waals surface area contributed by atoms with Gasteiger partial charge in [-0.1, -0.05) is 19.9 Å². The van der Waals surface area contributed by atoms with Crippen LogP contribution in [0.4, 0.5) is 24.5 Å². The average molecular weight is 494 g/mol. The Labute approximate surface area is 202 Å². The molecule has 1 saturated heterocycles. The Morgan fingerprint density at radius 3 is 2.56 bits per heavy atom. The van der Waals surface area contributed by atoms with Gasteiger partial charge in [0.15, 0.2) is 0 Å². The summed E-state index contributed by atoms with van der Waals surface area (Å²) in [6.07, 6.45) is -0.408. The van der Waals surface area contributed by atoms with Crippen LogP contribution in [0, 0.1) is 5.41 Å². The van der Waals surface area contributed by atoms with E-state index in [9.17, 15) is 18.0 Å². The van der Waals surface area contributed by atoms with Crippen molar-refractivity contribution in [3.8, 4) is 5.88 Å². The number of thioether (sulfide) groups is 1. The number of aromatic nitrogens is 1. The number of nitrogens with one attached hydrogen (secondary N) is 1. The van der Waals surface area contributed by atoms with Crippen LogP contribution >= 0.6 is 11.8 Å². The zero-order chi connectivity index (χ0) is 24.3. The fourth-order valence-electron chi connectivity index (χ4n) is 4.20. The number of pyridine rings is 1. The maximum atomic E-state index is 13.0. The standard InChI is InChI=1S/C25H30F3N3O2S/c1-17(2)34-18-6-7-19(21(16-18)31-13-10-24(8-9-24)11-14-31)30-23(32)20-4-3-5-22(29-20)33-15-12-25(26,27)28/h3-7,16-17H,8-15H2,1-2H3,(H,30,32). The van der Waals surface area contributed by atoms with Gasteiger partial charge in [0, 0.05) is 29.3 Å². The van der Waals surface area contributed by atoms with Crippen molar-refractivity contribution in [2.24, 2.45) is 5.41 Å². The minimum absolute atomic E-state index is 0.00781. The summed E-state index contributed by atoms with van der Waals surface area (Å²) >= 11 is 1.78. The molecule has 0 atom stereocenters. The van der Waals surface area contributed by atoms with E-state index in [0.717, 1.165) is 23.7 Å². The van der Waals surface area contributed by atoms with E-state index in [0.29, 0.717) is 16.4 Å². The molecule has 34 heavy (non-hydrogen) atoms. The number of amides is 1. The number of halogens is 3. The Kier molecular flexibility index (Phi) is 7.31. The van der Waals surface area contributed by atoms with Crippen LogP contribution in [-0.4, -0.2) is 42.0 Å². The monoisotopic (exact) mass is 493 g/mol. The minimum atomic E-state index is -4.31. The van der Waals surface area contributed by atoms with Crippen molar-refractivity contribution in [2.75, 3.05) is 29.9 Å². The van der Waals surface area contributed by atoms with Gasteiger partial charge < -0.3 is 15.0 Å². The average Bonchev–Trinajstić information content (AvgIpc) is 3.53. The summed E-state index contributed by atoms with van der Waals surface area (Å²) in [6.45, 7) is 5.66. The molecule has 1 aromatic heterocycles. The summed E-state index contributed by atoms with van der Waals surface area (Å²) in [5.41, 5.74) is 2.33. The van der Waals surface area contributed by atoms with Gasteiger partial charge in [-0.3, -0.25) is 4.79 Å². The number of rotatable bonds is 8. The largest absolute Gasteiger partial charge is 0.477 e. The Morgan fingerprint density at radius 2 is 1.91 bits per heavy atom. The maximum absolute atomic E-state index is 13.0. The van der Waals surface area contributed by atoms with E-state index >= 15 is 0 Å². The number of hydrogen-bond donors (Lipinski definition) is 1. The molecule has 0 unspecified atom stereocenters. The number of carbonyl (C=O) groups is 1. The van der Waals surface area contributed by atoms with E-state index in [1.165, 1.54) is 37.8 Å². The van der Waals surface area contributed by atoms with Gasteiger partial charge in [0.2, 0.25) is 5.88 Å². The first kappa shape index (κ1) is 24.7. The summed E-state index contributed by atoms with van der Waals surface area (Å²) in [7, 11) is 0. The number of hydrogen-bond acceptors (Lipinski definition) is 5. The molecule has 1 aromatic carbocycles. The smallest absolute Gasteiger partial charge is 0.392 e. The van der Waals surface area contributed by atoms with E-state index in [1.54, 1.807) is 17.8 Å². The molecule has 4 rings (SSSR count). The van der Waals surface area contributed by atoms with Crippen LogP contribution in [0.1, 0.15) is 56.4 Å². The number of carbonyl (C=O) groups excluding carboxylic acids is 1. The third kappa shape index (κ3) is 6.58. The highest BCUT2D eigenvalue weighted by Gasteiger charge is 2.44. The number of ether oxygens (including phenoxy) is 1. The van der Waals surface area contributed by atoms with Crippen LogP contribution in [0.25, 0.3) is 0 Å². The van der Waals surface area contributed by atoms with E-state index < -0.39 is 25.1 Å². The molecule has 9 heteroatoms. The normalized spacial score (nSPS) is 17.2. The van der Waals surface area contributed by atoms with Gasteiger partial charge >= 0.3 is 6.18 Å². The Bertz CT molecular complexity index is 1010. The molecule has 2 aliphatic rings. The van der Waals surface area contributed by atoms with Gasteiger partial charge in [-0.2, -0.15) is 13.2 Å². The van der Waals surface area contributed by atoms with Gasteiger partial charge in [0.25, 0.3) is 5.91 Å². The predicted octanol–water partition coefficient (Wildman–Crippen LogP) is 6.55. The molecule has 1 aliphatic carbocycles. The second-order valence-corrected chi connectivity index (χ2v) is 11.0. The summed E-state index contributed by atoms with van der Waals surface area (Å²) in [4.78, 5) is 20.6. The van der Waals surface area contributed by atoms with Crippen molar-refractivity contribution in [1.29, 1.82) is 0 Å². The molecule has 1 aliphatic heterocycles. The van der Waals surface area contributed by atoms with Crippen molar-refractivity contribution >= 4 is 29.0 Å². The summed E-state index contributed by atoms with van der Waals surface area (Å²) in [6, 6.07) is 10.6. The quantitative estimate of drug-likeness (QED) is 0.423. The second-order valence-electron chi connectivity index (χ2n) is 9.36. The second kappa shape index (κ2) is 10.1. The van der Waals surface area contributed by atoms with Crippen LogP contribution in [-0.2, 0) is 0 Å². The third-order valence-electron chi connectivity index (χ3n) is 6.30. The number of anilines is 2. The van der Waals surface area contributed by atoms with Crippen molar-refractivity contribution in [3.63, 3.8) is 0 Å². The molecule has 0 bridgehead atoms. The molecule has 2 aromatic rings. The molecule has 1 saturated carbocycles. The molecule has 2 fully saturated rings. The molecule has 0 radical (unpaired) electrons. The Hall–Kier alpha value is -2.42. The number of nitrogens with zero attached hydrogens (tertiary/aromatic N) is 2. The van der Waals surface area contributed by atoms with Crippen LogP contribution in [0.5, 0.6) is 5.88 Å². The molecule has 184 valence electrons. The zero-order valence-electron chi connectivity index (χ0n) is 19.5. The maximum Gasteiger partial charge on any atom is 0.392 e. The molecule has 5 nitrogen and oxygen atoms in total. The molecular formula is C25H30F3N3O2S. The lowest BCUT2D eigenvalue weighted by molar-refractivity contribution is -0.139. The van der Waals surface area contributed by atoms with Gasteiger partial charge in [-0.05, 0) is 55.4 Å². The fraction of sp³-hybridized carbons (Fsp3) is 0.520. The lowest BCUT2D eigenvalue weighted by Crippen LogP contribution is -2.35. The first-order valence-corrected chi connectivity index (χ1v) is 12.5. The Balaban J connectivity index is 1.48. The molecule has 1 spiro atoms. The highest BCUT2D eigenvalue weighted by atomic mass is 32.2. The highest BCUT2D eigenvalue weighted by Crippen LogP contribution is 2.54. The van der Waals surface area contributed by atoms with Crippen LogP contribution in [0.3, 0.4) is 0 Å². The topological polar surface area (TPSA) is 54.5 Å². The van der Waals surface area contributed by atoms with Crippen LogP contribution in [0.15, 0.2) is 41.3 Å². The lowest BCUT2D eigenvalue weighted by atomic mass is 9.93. The van der Waals surface area contributed by atoms with E-state index in [-0.39, 0.29) is 11.6 Å². The van der Waals surface area contributed by atoms with E-state index in [1.807, 2.05) is 12.1 Å². The van der Waals surface area contributed by atoms with Gasteiger partial charge in [-0.15, -0.1) is 11.8 Å². The SMILES string of the molecule is CC(C)Sc1ccc(NC(=O)c2cccc(OCCC(F)(F)F)n2)c(N2CCC3(CC2)CC3)c1. The van der Waals surface area contributed by atoms with Crippen molar-refractivity contribution in [1.82, 2.24) is 4.98 Å². The highest BCUT2D eigenvalue weighted by molar-refractivity contribution is 7.99. The first-order chi connectivity index (χ1) is 16.1. The van der Waals surface area contributed by atoms with Crippen LogP contribution in [0.2, 0.25) is 0 Å². The van der Waals surface area contributed by atoms with Crippen molar-refractivity contribution in [2.45, 2.75) is 62.3 Å². The molecule has 1 amide bonds.